The van der Waals surface area contributed by atoms with Crippen LogP contribution in [0, 0.1) is 0 Å². The van der Waals surface area contributed by atoms with Crippen molar-refractivity contribution < 1.29 is 19.4 Å². The SMILES string of the molecule is COC(=O)[C@@](O)(c1ccccc1)[C@@H](CC(=O)c1nccn1C)c1cccc(Br)c1. The molecule has 0 radical (unpaired) electrons. The molecule has 0 aliphatic rings. The van der Waals surface area contributed by atoms with Gasteiger partial charge in [-0.05, 0) is 23.3 Å². The molecule has 3 rings (SSSR count). The van der Waals surface area contributed by atoms with Crippen LogP contribution in [0.25, 0.3) is 0 Å². The minimum atomic E-state index is -2.06. The number of ether oxygens (including phenoxy) is 1. The summed E-state index contributed by atoms with van der Waals surface area (Å²) in [6.45, 7) is 0. The first-order valence-electron chi connectivity index (χ1n) is 9.00. The van der Waals surface area contributed by atoms with Gasteiger partial charge in [0, 0.05) is 36.3 Å². The number of halogens is 1. The lowest BCUT2D eigenvalue weighted by atomic mass is 9.74. The molecule has 0 unspecified atom stereocenters. The second-order valence-corrected chi connectivity index (χ2v) is 7.64. The van der Waals surface area contributed by atoms with E-state index < -0.39 is 17.5 Å². The Kier molecular flexibility index (Phi) is 6.30. The van der Waals surface area contributed by atoms with Gasteiger partial charge < -0.3 is 14.4 Å². The number of imidazole rings is 1. The van der Waals surface area contributed by atoms with Crippen LogP contribution in [0.2, 0.25) is 0 Å². The third kappa shape index (κ3) is 4.16. The molecule has 0 saturated heterocycles. The van der Waals surface area contributed by atoms with Gasteiger partial charge in [-0.1, -0.05) is 58.4 Å². The molecule has 6 nitrogen and oxygen atoms in total. The zero-order valence-electron chi connectivity index (χ0n) is 16.1. The van der Waals surface area contributed by atoms with Crippen molar-refractivity contribution in [2.75, 3.05) is 7.11 Å². The van der Waals surface area contributed by atoms with E-state index in [-0.39, 0.29) is 18.0 Å². The van der Waals surface area contributed by atoms with Crippen LogP contribution in [0.3, 0.4) is 0 Å². The summed E-state index contributed by atoms with van der Waals surface area (Å²) in [7, 11) is 2.94. The molecular weight excluding hydrogens is 436 g/mol. The van der Waals surface area contributed by atoms with Gasteiger partial charge in [0.05, 0.1) is 7.11 Å². The summed E-state index contributed by atoms with van der Waals surface area (Å²) >= 11 is 3.42. The highest BCUT2D eigenvalue weighted by atomic mass is 79.9. The van der Waals surface area contributed by atoms with Gasteiger partial charge in [0.1, 0.15) is 0 Å². The van der Waals surface area contributed by atoms with Crippen molar-refractivity contribution in [2.45, 2.75) is 17.9 Å². The summed E-state index contributed by atoms with van der Waals surface area (Å²) in [6, 6.07) is 15.7. The van der Waals surface area contributed by atoms with E-state index in [1.54, 1.807) is 66.3 Å². The molecule has 2 atom stereocenters. The van der Waals surface area contributed by atoms with Crippen LogP contribution in [0.15, 0.2) is 71.5 Å². The molecule has 0 aliphatic carbocycles. The Morgan fingerprint density at radius 3 is 2.52 bits per heavy atom. The fraction of sp³-hybridized carbons (Fsp3) is 0.227. The zero-order valence-corrected chi connectivity index (χ0v) is 17.7. The Morgan fingerprint density at radius 2 is 1.93 bits per heavy atom. The van der Waals surface area contributed by atoms with E-state index in [9.17, 15) is 14.7 Å². The molecule has 0 spiro atoms. The number of ketones is 1. The van der Waals surface area contributed by atoms with Gasteiger partial charge >= 0.3 is 5.97 Å². The minimum absolute atomic E-state index is 0.137. The van der Waals surface area contributed by atoms with E-state index in [1.807, 2.05) is 6.07 Å². The molecule has 2 aromatic carbocycles. The highest BCUT2D eigenvalue weighted by Crippen LogP contribution is 2.41. The molecule has 1 aromatic heterocycles. The number of carbonyl (C=O) groups excluding carboxylic acids is 2. The summed E-state index contributed by atoms with van der Waals surface area (Å²) < 4.78 is 7.35. The number of hydrogen-bond donors (Lipinski definition) is 1. The second kappa shape index (κ2) is 8.71. The van der Waals surface area contributed by atoms with Gasteiger partial charge in [-0.25, -0.2) is 9.78 Å². The van der Waals surface area contributed by atoms with Crippen LogP contribution in [-0.2, 0) is 22.2 Å². The van der Waals surface area contributed by atoms with E-state index in [0.29, 0.717) is 11.1 Å². The van der Waals surface area contributed by atoms with Crippen LogP contribution in [0.5, 0.6) is 0 Å². The molecular formula is C22H21BrN2O4. The number of aliphatic hydroxyl groups is 1. The molecule has 1 heterocycles. The molecule has 0 aliphatic heterocycles. The summed E-state index contributed by atoms with van der Waals surface area (Å²) in [4.78, 5) is 30.0. The third-order valence-corrected chi connectivity index (χ3v) is 5.42. The lowest BCUT2D eigenvalue weighted by Gasteiger charge is -2.34. The number of esters is 1. The van der Waals surface area contributed by atoms with Crippen molar-refractivity contribution in [1.29, 1.82) is 0 Å². The second-order valence-electron chi connectivity index (χ2n) is 6.72. The van der Waals surface area contributed by atoms with Crippen molar-refractivity contribution in [3.63, 3.8) is 0 Å². The van der Waals surface area contributed by atoms with Gasteiger partial charge in [-0.2, -0.15) is 0 Å². The van der Waals surface area contributed by atoms with E-state index in [4.69, 9.17) is 4.74 Å². The first-order valence-corrected chi connectivity index (χ1v) is 9.79. The van der Waals surface area contributed by atoms with Crippen LogP contribution in [-0.4, -0.2) is 33.5 Å². The number of benzene rings is 2. The lowest BCUT2D eigenvalue weighted by Crippen LogP contribution is -2.43. The van der Waals surface area contributed by atoms with Gasteiger partial charge in [0.25, 0.3) is 0 Å². The summed E-state index contributed by atoms with van der Waals surface area (Å²) in [6.07, 6.45) is 3.07. The Labute approximate surface area is 177 Å². The summed E-state index contributed by atoms with van der Waals surface area (Å²) in [5, 5.41) is 11.7. The largest absolute Gasteiger partial charge is 0.467 e. The number of carbonyl (C=O) groups is 2. The molecule has 3 aromatic rings. The monoisotopic (exact) mass is 456 g/mol. The standard InChI is InChI=1S/C22H21BrN2O4/c1-25-12-11-24-20(25)19(26)14-18(15-7-6-10-17(23)13-15)22(28,21(27)29-2)16-8-4-3-5-9-16/h3-13,18,28H,14H2,1-2H3/t18-,22+/m0/s1. The van der Waals surface area contributed by atoms with E-state index in [2.05, 4.69) is 20.9 Å². The summed E-state index contributed by atoms with van der Waals surface area (Å²) in [5.41, 5.74) is -1.08. The van der Waals surface area contributed by atoms with Crippen LogP contribution in [0.1, 0.15) is 34.1 Å². The molecule has 0 fully saturated rings. The van der Waals surface area contributed by atoms with Crippen molar-refractivity contribution in [3.05, 3.63) is 88.4 Å². The molecule has 150 valence electrons. The molecule has 0 amide bonds. The first kappa shape index (κ1) is 21.0. The number of methoxy groups -OCH3 is 1. The molecule has 7 heteroatoms. The highest BCUT2D eigenvalue weighted by molar-refractivity contribution is 9.10. The number of aromatic nitrogens is 2. The zero-order chi connectivity index (χ0) is 21.0. The maximum Gasteiger partial charge on any atom is 0.343 e. The van der Waals surface area contributed by atoms with Crippen molar-refractivity contribution in [2.24, 2.45) is 7.05 Å². The van der Waals surface area contributed by atoms with E-state index >= 15 is 0 Å². The van der Waals surface area contributed by atoms with Crippen LogP contribution in [0.4, 0.5) is 0 Å². The molecule has 29 heavy (non-hydrogen) atoms. The molecule has 0 bridgehead atoms. The fourth-order valence-corrected chi connectivity index (χ4v) is 3.87. The van der Waals surface area contributed by atoms with Gasteiger partial charge in [-0.3, -0.25) is 4.79 Å². The summed E-state index contributed by atoms with van der Waals surface area (Å²) in [5.74, 6) is -1.76. The van der Waals surface area contributed by atoms with Crippen LogP contribution < -0.4 is 0 Å². The normalized spacial score (nSPS) is 14.1. The van der Waals surface area contributed by atoms with E-state index in [1.165, 1.54) is 13.3 Å². The maximum absolute atomic E-state index is 13.0. The van der Waals surface area contributed by atoms with Crippen LogP contribution >= 0.6 is 15.9 Å². The Bertz CT molecular complexity index is 1020. The fourth-order valence-electron chi connectivity index (χ4n) is 3.45. The maximum atomic E-state index is 13.0. The van der Waals surface area contributed by atoms with E-state index in [0.717, 1.165) is 4.47 Å². The molecule has 1 N–H and O–H groups in total. The smallest absolute Gasteiger partial charge is 0.343 e. The highest BCUT2D eigenvalue weighted by Gasteiger charge is 2.48. The van der Waals surface area contributed by atoms with Gasteiger partial charge in [-0.15, -0.1) is 0 Å². The minimum Gasteiger partial charge on any atom is -0.467 e. The molecule has 0 saturated carbocycles. The predicted octanol–water partition coefficient (Wildman–Crippen LogP) is 3.60. The number of rotatable bonds is 7. The number of nitrogens with zero attached hydrogens (tertiary/aromatic N) is 2. The predicted molar refractivity (Wildman–Crippen MR) is 111 cm³/mol. The number of hydrogen-bond acceptors (Lipinski definition) is 5. The van der Waals surface area contributed by atoms with Crippen molar-refractivity contribution in [1.82, 2.24) is 9.55 Å². The third-order valence-electron chi connectivity index (χ3n) is 4.93. The Morgan fingerprint density at radius 1 is 1.21 bits per heavy atom. The van der Waals surface area contributed by atoms with Crippen molar-refractivity contribution in [3.8, 4) is 0 Å². The Hall–Kier alpha value is -2.77. The van der Waals surface area contributed by atoms with Crippen molar-refractivity contribution >= 4 is 27.7 Å². The quantitative estimate of drug-likeness (QED) is 0.433. The Balaban J connectivity index is 2.15. The topological polar surface area (TPSA) is 81.4 Å². The van der Waals surface area contributed by atoms with Gasteiger partial charge in [0.15, 0.2) is 17.2 Å². The number of Topliss-reactive ketones (excluding diaryl/α,β-unsaturated/α-hetero) is 1. The average molecular weight is 457 g/mol. The average Bonchev–Trinajstić information content (AvgIpc) is 3.17. The number of aryl methyl sites for hydroxylation is 1. The van der Waals surface area contributed by atoms with Gasteiger partial charge in [0.2, 0.25) is 0 Å². The first-order chi connectivity index (χ1) is 13.9. The lowest BCUT2D eigenvalue weighted by molar-refractivity contribution is -0.166.